The first-order chi connectivity index (χ1) is 5.74. The molecule has 1 amide bonds. The number of nitrogens with two attached hydrogens (primary N) is 1. The van der Waals surface area contributed by atoms with Crippen molar-refractivity contribution < 1.29 is 4.79 Å². The molecule has 0 aromatic carbocycles. The predicted octanol–water partition coefficient (Wildman–Crippen LogP) is 0.256. The monoisotopic (exact) mass is 188 g/mol. The van der Waals surface area contributed by atoms with E-state index in [-0.39, 0.29) is 11.9 Å². The molecule has 12 heavy (non-hydrogen) atoms. The minimum absolute atomic E-state index is 0.107. The van der Waals surface area contributed by atoms with Gasteiger partial charge in [0.2, 0.25) is 5.91 Å². The number of amides is 1. The molecular weight excluding hydrogens is 172 g/mol. The van der Waals surface area contributed by atoms with Gasteiger partial charge in [-0.25, -0.2) is 0 Å². The average molecular weight is 188 g/mol. The second kappa shape index (κ2) is 4.72. The first-order valence-electron chi connectivity index (χ1n) is 4.38. The van der Waals surface area contributed by atoms with Crippen LogP contribution >= 0.6 is 12.6 Å². The minimum Gasteiger partial charge on any atom is -0.340 e. The summed E-state index contributed by atoms with van der Waals surface area (Å²) in [6.07, 6.45) is 3.25. The van der Waals surface area contributed by atoms with Gasteiger partial charge in [-0.2, -0.15) is 12.6 Å². The van der Waals surface area contributed by atoms with Gasteiger partial charge in [-0.1, -0.05) is 6.42 Å². The molecule has 3 nitrogen and oxygen atoms in total. The highest BCUT2D eigenvalue weighted by atomic mass is 32.1. The quantitative estimate of drug-likeness (QED) is 0.580. The van der Waals surface area contributed by atoms with Crippen LogP contribution in [0.25, 0.3) is 0 Å². The van der Waals surface area contributed by atoms with Crippen molar-refractivity contribution in [1.29, 1.82) is 0 Å². The van der Waals surface area contributed by atoms with Crippen molar-refractivity contribution in [3.05, 3.63) is 0 Å². The Morgan fingerprint density at radius 2 is 2.33 bits per heavy atom. The SMILES string of the molecule is NC1CCCCN(C(=O)CS)C1. The summed E-state index contributed by atoms with van der Waals surface area (Å²) in [6.45, 7) is 1.56. The highest BCUT2D eigenvalue weighted by Gasteiger charge is 2.17. The number of thiol groups is 1. The Hall–Kier alpha value is -0.220. The number of carbonyl (C=O) groups excluding carboxylic acids is 1. The van der Waals surface area contributed by atoms with Gasteiger partial charge < -0.3 is 10.6 Å². The van der Waals surface area contributed by atoms with E-state index < -0.39 is 0 Å². The molecule has 0 saturated carbocycles. The zero-order valence-electron chi connectivity index (χ0n) is 7.20. The largest absolute Gasteiger partial charge is 0.340 e. The third-order valence-corrected chi connectivity index (χ3v) is 2.47. The number of hydrogen-bond acceptors (Lipinski definition) is 3. The molecule has 1 unspecified atom stereocenters. The summed E-state index contributed by atoms with van der Waals surface area (Å²) >= 11 is 3.96. The Morgan fingerprint density at radius 3 is 3.00 bits per heavy atom. The van der Waals surface area contributed by atoms with E-state index in [4.69, 9.17) is 5.73 Å². The van der Waals surface area contributed by atoms with E-state index in [1.807, 2.05) is 4.90 Å². The molecule has 1 heterocycles. The Balaban J connectivity index is 2.46. The Labute approximate surface area is 78.7 Å². The van der Waals surface area contributed by atoms with Gasteiger partial charge >= 0.3 is 0 Å². The van der Waals surface area contributed by atoms with E-state index in [9.17, 15) is 4.79 Å². The highest BCUT2D eigenvalue weighted by molar-refractivity contribution is 7.81. The lowest BCUT2D eigenvalue weighted by molar-refractivity contribution is -0.128. The van der Waals surface area contributed by atoms with E-state index in [1.165, 1.54) is 0 Å². The smallest absolute Gasteiger partial charge is 0.232 e. The van der Waals surface area contributed by atoms with Gasteiger partial charge in [0.1, 0.15) is 0 Å². The molecule has 0 spiro atoms. The van der Waals surface area contributed by atoms with Gasteiger partial charge in [0.15, 0.2) is 0 Å². The van der Waals surface area contributed by atoms with Crippen LogP contribution in [0.1, 0.15) is 19.3 Å². The maximum atomic E-state index is 11.3. The van der Waals surface area contributed by atoms with Crippen molar-refractivity contribution in [3.63, 3.8) is 0 Å². The van der Waals surface area contributed by atoms with Gasteiger partial charge in [-0.05, 0) is 12.8 Å². The van der Waals surface area contributed by atoms with Gasteiger partial charge in [0.05, 0.1) is 5.75 Å². The van der Waals surface area contributed by atoms with Crippen LogP contribution in [-0.2, 0) is 4.79 Å². The van der Waals surface area contributed by atoms with Crippen molar-refractivity contribution in [2.75, 3.05) is 18.8 Å². The summed E-state index contributed by atoms with van der Waals surface area (Å²) in [5.41, 5.74) is 5.80. The number of nitrogens with zero attached hydrogens (tertiary/aromatic N) is 1. The van der Waals surface area contributed by atoms with Gasteiger partial charge in [-0.3, -0.25) is 4.79 Å². The summed E-state index contributed by atoms with van der Waals surface area (Å²) in [7, 11) is 0. The molecule has 0 aliphatic carbocycles. The van der Waals surface area contributed by atoms with Crippen molar-refractivity contribution in [1.82, 2.24) is 4.90 Å². The molecule has 70 valence electrons. The van der Waals surface area contributed by atoms with Crippen LogP contribution in [0.4, 0.5) is 0 Å². The third kappa shape index (κ3) is 2.68. The van der Waals surface area contributed by atoms with Crippen LogP contribution in [0, 0.1) is 0 Å². The number of carbonyl (C=O) groups is 1. The van der Waals surface area contributed by atoms with Crippen molar-refractivity contribution in [3.8, 4) is 0 Å². The summed E-state index contributed by atoms with van der Waals surface area (Å²) in [5, 5.41) is 0. The molecular formula is C8H16N2OS. The van der Waals surface area contributed by atoms with Gasteiger partial charge in [-0.15, -0.1) is 0 Å². The zero-order valence-corrected chi connectivity index (χ0v) is 8.09. The van der Waals surface area contributed by atoms with Crippen LogP contribution < -0.4 is 5.73 Å². The van der Waals surface area contributed by atoms with E-state index in [0.717, 1.165) is 25.8 Å². The molecule has 1 saturated heterocycles. The maximum Gasteiger partial charge on any atom is 0.232 e. The first-order valence-corrected chi connectivity index (χ1v) is 5.01. The fourth-order valence-corrected chi connectivity index (χ4v) is 1.70. The lowest BCUT2D eigenvalue weighted by Gasteiger charge is -2.21. The van der Waals surface area contributed by atoms with E-state index in [1.54, 1.807) is 0 Å². The summed E-state index contributed by atoms with van der Waals surface area (Å²) in [6, 6.07) is 0.163. The maximum absolute atomic E-state index is 11.3. The topological polar surface area (TPSA) is 46.3 Å². The molecule has 1 rings (SSSR count). The molecule has 0 aromatic rings. The molecule has 0 aromatic heterocycles. The lowest BCUT2D eigenvalue weighted by atomic mass is 10.2. The van der Waals surface area contributed by atoms with Crippen molar-refractivity contribution in [2.24, 2.45) is 5.73 Å². The fourth-order valence-electron chi connectivity index (χ4n) is 1.50. The predicted molar refractivity (Wildman–Crippen MR) is 52.3 cm³/mol. The first kappa shape index (κ1) is 9.86. The Kier molecular flexibility index (Phi) is 3.88. The molecule has 0 bridgehead atoms. The van der Waals surface area contributed by atoms with Gasteiger partial charge in [0, 0.05) is 19.1 Å². The number of likely N-dealkylation sites (tertiary alicyclic amines) is 1. The van der Waals surface area contributed by atoms with Crippen LogP contribution in [0.2, 0.25) is 0 Å². The molecule has 1 aliphatic rings. The van der Waals surface area contributed by atoms with E-state index in [2.05, 4.69) is 12.6 Å². The molecule has 4 heteroatoms. The van der Waals surface area contributed by atoms with E-state index in [0.29, 0.717) is 12.3 Å². The fraction of sp³-hybridized carbons (Fsp3) is 0.875. The van der Waals surface area contributed by atoms with Crippen LogP contribution in [-0.4, -0.2) is 35.7 Å². The van der Waals surface area contributed by atoms with Crippen molar-refractivity contribution >= 4 is 18.5 Å². The Bertz CT molecular complexity index is 163. The standard InChI is InChI=1S/C8H16N2OS/c9-7-3-1-2-4-10(5-7)8(11)6-12/h7,12H,1-6,9H2. The highest BCUT2D eigenvalue weighted by Crippen LogP contribution is 2.09. The van der Waals surface area contributed by atoms with Crippen LogP contribution in [0.5, 0.6) is 0 Å². The average Bonchev–Trinajstić information content (AvgIpc) is 2.28. The summed E-state index contributed by atoms with van der Waals surface area (Å²) < 4.78 is 0. The molecule has 1 fully saturated rings. The molecule has 1 aliphatic heterocycles. The zero-order chi connectivity index (χ0) is 8.97. The summed E-state index contributed by atoms with van der Waals surface area (Å²) in [4.78, 5) is 13.1. The van der Waals surface area contributed by atoms with Crippen molar-refractivity contribution in [2.45, 2.75) is 25.3 Å². The number of hydrogen-bond donors (Lipinski definition) is 2. The summed E-state index contributed by atoms with van der Waals surface area (Å²) in [5.74, 6) is 0.405. The minimum atomic E-state index is 0.107. The van der Waals surface area contributed by atoms with E-state index >= 15 is 0 Å². The lowest BCUT2D eigenvalue weighted by Crippen LogP contribution is -2.40. The number of rotatable bonds is 1. The van der Waals surface area contributed by atoms with Crippen LogP contribution in [0.3, 0.4) is 0 Å². The molecule has 2 N–H and O–H groups in total. The second-order valence-corrected chi connectivity index (χ2v) is 3.57. The Morgan fingerprint density at radius 1 is 1.58 bits per heavy atom. The molecule has 0 radical (unpaired) electrons. The van der Waals surface area contributed by atoms with Crippen LogP contribution in [0.15, 0.2) is 0 Å². The van der Waals surface area contributed by atoms with Gasteiger partial charge in [0.25, 0.3) is 0 Å². The third-order valence-electron chi connectivity index (χ3n) is 2.20. The normalized spacial score (nSPS) is 25.2. The second-order valence-electron chi connectivity index (χ2n) is 3.25. The molecule has 1 atom stereocenters.